The van der Waals surface area contributed by atoms with Crippen LogP contribution < -0.4 is 5.32 Å². The van der Waals surface area contributed by atoms with Gasteiger partial charge in [0.1, 0.15) is 11.6 Å². The van der Waals surface area contributed by atoms with Crippen LogP contribution in [0.3, 0.4) is 0 Å². The Kier molecular flexibility index (Phi) is 4.02. The van der Waals surface area contributed by atoms with E-state index in [2.05, 4.69) is 5.32 Å². The number of amides is 1. The molecule has 0 fully saturated rings. The van der Waals surface area contributed by atoms with Gasteiger partial charge in [-0.2, -0.15) is 0 Å². The summed E-state index contributed by atoms with van der Waals surface area (Å²) in [4.78, 5) is 11.9. The number of alkyl halides is 1. The van der Waals surface area contributed by atoms with Gasteiger partial charge in [-0.1, -0.05) is 12.1 Å². The monoisotopic (exact) mass is 279 g/mol. The lowest BCUT2D eigenvalue weighted by molar-refractivity contribution is 0.102. The number of benzene rings is 2. The highest BCUT2D eigenvalue weighted by Crippen LogP contribution is 2.20. The Morgan fingerprint density at radius 3 is 2.79 bits per heavy atom. The molecule has 3 nitrogen and oxygen atoms in total. The first-order valence-corrected chi connectivity index (χ1v) is 6.08. The molecule has 2 N–H and O–H groups in total. The van der Waals surface area contributed by atoms with Crippen LogP contribution in [0.15, 0.2) is 42.5 Å². The number of hydrogen-bond donors (Lipinski definition) is 2. The van der Waals surface area contributed by atoms with Crippen molar-refractivity contribution in [2.24, 2.45) is 0 Å². The summed E-state index contributed by atoms with van der Waals surface area (Å²) in [5.74, 6) is -1.11. The van der Waals surface area contributed by atoms with Crippen LogP contribution in [-0.2, 0) is 5.88 Å². The third-order valence-electron chi connectivity index (χ3n) is 2.54. The van der Waals surface area contributed by atoms with Gasteiger partial charge in [-0.05, 0) is 35.9 Å². The summed E-state index contributed by atoms with van der Waals surface area (Å²) in [5, 5.41) is 12.1. The predicted octanol–water partition coefficient (Wildman–Crippen LogP) is 3.52. The highest BCUT2D eigenvalue weighted by molar-refractivity contribution is 6.17. The molecule has 2 aromatic carbocycles. The maximum Gasteiger partial charge on any atom is 0.259 e. The Hall–Kier alpha value is -2.07. The normalized spacial score (nSPS) is 10.2. The van der Waals surface area contributed by atoms with E-state index in [1.54, 1.807) is 18.2 Å². The van der Waals surface area contributed by atoms with Crippen LogP contribution in [0.25, 0.3) is 0 Å². The van der Waals surface area contributed by atoms with Crippen molar-refractivity contribution in [2.45, 2.75) is 5.88 Å². The quantitative estimate of drug-likeness (QED) is 0.845. The van der Waals surface area contributed by atoms with Crippen LogP contribution in [0.5, 0.6) is 5.75 Å². The van der Waals surface area contributed by atoms with Gasteiger partial charge in [0, 0.05) is 11.6 Å². The van der Waals surface area contributed by atoms with Crippen molar-refractivity contribution in [3.63, 3.8) is 0 Å². The third-order valence-corrected chi connectivity index (χ3v) is 2.85. The molecule has 0 aliphatic heterocycles. The molecule has 0 heterocycles. The molecule has 19 heavy (non-hydrogen) atoms. The first-order chi connectivity index (χ1) is 9.10. The van der Waals surface area contributed by atoms with Gasteiger partial charge < -0.3 is 10.4 Å². The number of hydrogen-bond acceptors (Lipinski definition) is 2. The molecule has 2 rings (SSSR count). The smallest absolute Gasteiger partial charge is 0.259 e. The van der Waals surface area contributed by atoms with Gasteiger partial charge >= 0.3 is 0 Å². The topological polar surface area (TPSA) is 49.3 Å². The molecule has 0 saturated heterocycles. The van der Waals surface area contributed by atoms with E-state index in [1.165, 1.54) is 0 Å². The molecule has 0 aromatic heterocycles. The second-order valence-corrected chi connectivity index (χ2v) is 4.22. The van der Waals surface area contributed by atoms with Crippen molar-refractivity contribution < 1.29 is 14.3 Å². The number of anilines is 1. The Bertz CT molecular complexity index is 616. The molecule has 0 bridgehead atoms. The molecule has 0 aliphatic carbocycles. The molecule has 0 unspecified atom stereocenters. The van der Waals surface area contributed by atoms with Crippen molar-refractivity contribution in [1.82, 2.24) is 0 Å². The van der Waals surface area contributed by atoms with Gasteiger partial charge in [0.05, 0.1) is 5.56 Å². The molecule has 0 radical (unpaired) electrons. The highest BCUT2D eigenvalue weighted by Gasteiger charge is 2.12. The summed E-state index contributed by atoms with van der Waals surface area (Å²) in [6.07, 6.45) is 0. The molecule has 0 spiro atoms. The Morgan fingerprint density at radius 2 is 2.05 bits per heavy atom. The van der Waals surface area contributed by atoms with Crippen LogP contribution in [-0.4, -0.2) is 11.0 Å². The first-order valence-electron chi connectivity index (χ1n) is 5.55. The number of rotatable bonds is 3. The van der Waals surface area contributed by atoms with Gasteiger partial charge in [0.25, 0.3) is 5.91 Å². The summed E-state index contributed by atoms with van der Waals surface area (Å²) in [6.45, 7) is 0. The Balaban J connectivity index is 2.23. The minimum atomic E-state index is -0.586. The maximum atomic E-state index is 13.1. The molecular weight excluding hydrogens is 269 g/mol. The van der Waals surface area contributed by atoms with Crippen molar-refractivity contribution in [1.29, 1.82) is 0 Å². The van der Waals surface area contributed by atoms with Crippen LogP contribution in [0.1, 0.15) is 15.9 Å². The number of carbonyl (C=O) groups is 1. The minimum absolute atomic E-state index is 0.115. The largest absolute Gasteiger partial charge is 0.507 e. The number of carbonyl (C=O) groups excluding carboxylic acids is 1. The van der Waals surface area contributed by atoms with E-state index < -0.39 is 11.7 Å². The van der Waals surface area contributed by atoms with Gasteiger partial charge in [-0.25, -0.2) is 4.39 Å². The van der Waals surface area contributed by atoms with Crippen molar-refractivity contribution >= 4 is 23.2 Å². The molecular formula is C14H11ClFNO2. The van der Waals surface area contributed by atoms with E-state index in [-0.39, 0.29) is 11.3 Å². The van der Waals surface area contributed by atoms with E-state index in [1.807, 2.05) is 6.07 Å². The molecule has 0 saturated carbocycles. The highest BCUT2D eigenvalue weighted by atomic mass is 35.5. The van der Waals surface area contributed by atoms with E-state index in [0.29, 0.717) is 11.6 Å². The standard InChI is InChI=1S/C14H11ClFNO2/c15-8-9-2-1-3-11(6-9)17-14(19)12-7-10(16)4-5-13(12)18/h1-7,18H,8H2,(H,17,19). The minimum Gasteiger partial charge on any atom is -0.507 e. The summed E-state index contributed by atoms with van der Waals surface area (Å²) < 4.78 is 13.1. The fourth-order valence-electron chi connectivity index (χ4n) is 1.62. The fraction of sp³-hybridized carbons (Fsp3) is 0.0714. The van der Waals surface area contributed by atoms with Crippen LogP contribution in [0.4, 0.5) is 10.1 Å². The Labute approximate surface area is 114 Å². The average Bonchev–Trinajstić information content (AvgIpc) is 2.41. The molecule has 5 heteroatoms. The number of nitrogens with one attached hydrogen (secondary N) is 1. The molecule has 0 aliphatic rings. The fourth-order valence-corrected chi connectivity index (χ4v) is 1.79. The van der Waals surface area contributed by atoms with E-state index in [4.69, 9.17) is 11.6 Å². The van der Waals surface area contributed by atoms with Gasteiger partial charge in [0.15, 0.2) is 0 Å². The lowest BCUT2D eigenvalue weighted by Crippen LogP contribution is -2.12. The SMILES string of the molecule is O=C(Nc1cccc(CCl)c1)c1cc(F)ccc1O. The zero-order chi connectivity index (χ0) is 13.8. The lowest BCUT2D eigenvalue weighted by Gasteiger charge is -2.08. The second kappa shape index (κ2) is 5.71. The number of aromatic hydroxyl groups is 1. The van der Waals surface area contributed by atoms with Crippen LogP contribution in [0.2, 0.25) is 0 Å². The maximum absolute atomic E-state index is 13.1. The van der Waals surface area contributed by atoms with Crippen molar-refractivity contribution in [3.05, 3.63) is 59.4 Å². The van der Waals surface area contributed by atoms with Crippen molar-refractivity contribution in [2.75, 3.05) is 5.32 Å². The lowest BCUT2D eigenvalue weighted by atomic mass is 10.1. The van der Waals surface area contributed by atoms with Crippen LogP contribution in [0, 0.1) is 5.82 Å². The predicted molar refractivity (Wildman–Crippen MR) is 72.0 cm³/mol. The van der Waals surface area contributed by atoms with Gasteiger partial charge in [-0.3, -0.25) is 4.79 Å². The molecule has 1 amide bonds. The summed E-state index contributed by atoms with van der Waals surface area (Å²) in [5.41, 5.74) is 1.27. The number of phenols is 1. The zero-order valence-corrected chi connectivity index (χ0v) is 10.6. The first kappa shape index (κ1) is 13.4. The van der Waals surface area contributed by atoms with Crippen LogP contribution >= 0.6 is 11.6 Å². The number of phenolic OH excluding ortho intramolecular Hbond substituents is 1. The molecule has 2 aromatic rings. The van der Waals surface area contributed by atoms with Gasteiger partial charge in [-0.15, -0.1) is 11.6 Å². The summed E-state index contributed by atoms with van der Waals surface area (Å²) in [7, 11) is 0. The number of halogens is 2. The summed E-state index contributed by atoms with van der Waals surface area (Å²) in [6, 6.07) is 10.2. The van der Waals surface area contributed by atoms with E-state index >= 15 is 0 Å². The third kappa shape index (κ3) is 3.23. The van der Waals surface area contributed by atoms with Crippen molar-refractivity contribution in [3.8, 4) is 5.75 Å². The molecule has 0 atom stereocenters. The zero-order valence-electron chi connectivity index (χ0n) is 9.86. The Morgan fingerprint density at radius 1 is 1.26 bits per heavy atom. The van der Waals surface area contributed by atoms with E-state index in [9.17, 15) is 14.3 Å². The second-order valence-electron chi connectivity index (χ2n) is 3.95. The molecule has 98 valence electrons. The summed E-state index contributed by atoms with van der Waals surface area (Å²) >= 11 is 5.70. The average molecular weight is 280 g/mol. The van der Waals surface area contributed by atoms with Gasteiger partial charge in [0.2, 0.25) is 0 Å². The van der Waals surface area contributed by atoms with E-state index in [0.717, 1.165) is 23.8 Å².